The zero-order valence-corrected chi connectivity index (χ0v) is 10.3. The third kappa shape index (κ3) is 8.38. The summed E-state index contributed by atoms with van der Waals surface area (Å²) in [6, 6.07) is 0. The summed E-state index contributed by atoms with van der Waals surface area (Å²) < 4.78 is 0. The van der Waals surface area contributed by atoms with Crippen molar-refractivity contribution >= 4 is 17.7 Å². The standard InChI is InChI=1S/C10H21NO2S/c1-8(5-12)6-14-7-9(13)11-10(2,3)4/h8,12H,5-7H2,1-4H3,(H,11,13). The first-order valence-corrected chi connectivity index (χ1v) is 6.00. The first-order valence-electron chi connectivity index (χ1n) is 4.85. The number of rotatable bonds is 5. The van der Waals surface area contributed by atoms with E-state index in [9.17, 15) is 4.79 Å². The van der Waals surface area contributed by atoms with Crippen LogP contribution in [0.2, 0.25) is 0 Å². The Morgan fingerprint density at radius 2 is 2.07 bits per heavy atom. The minimum Gasteiger partial charge on any atom is -0.396 e. The number of hydrogen-bond acceptors (Lipinski definition) is 3. The largest absolute Gasteiger partial charge is 0.396 e. The van der Waals surface area contributed by atoms with Crippen LogP contribution in [0.5, 0.6) is 0 Å². The lowest BCUT2D eigenvalue weighted by atomic mass is 10.1. The third-order valence-corrected chi connectivity index (χ3v) is 2.73. The van der Waals surface area contributed by atoms with E-state index < -0.39 is 0 Å². The predicted molar refractivity (Wildman–Crippen MR) is 61.5 cm³/mol. The van der Waals surface area contributed by atoms with Gasteiger partial charge in [0.1, 0.15) is 0 Å². The van der Waals surface area contributed by atoms with Crippen molar-refractivity contribution in [2.24, 2.45) is 5.92 Å². The van der Waals surface area contributed by atoms with E-state index in [0.717, 1.165) is 5.75 Å². The molecule has 4 heteroatoms. The third-order valence-electron chi connectivity index (χ3n) is 1.46. The average molecular weight is 219 g/mol. The topological polar surface area (TPSA) is 49.3 Å². The zero-order valence-electron chi connectivity index (χ0n) is 9.46. The van der Waals surface area contributed by atoms with Crippen LogP contribution in [0, 0.1) is 5.92 Å². The predicted octanol–water partition coefficient (Wildman–Crippen LogP) is 1.26. The average Bonchev–Trinajstić information content (AvgIpc) is 2.00. The summed E-state index contributed by atoms with van der Waals surface area (Å²) >= 11 is 1.56. The molecule has 0 aromatic rings. The number of carbonyl (C=O) groups excluding carboxylic acids is 1. The first-order chi connectivity index (χ1) is 6.35. The summed E-state index contributed by atoms with van der Waals surface area (Å²) in [6.07, 6.45) is 0. The highest BCUT2D eigenvalue weighted by Gasteiger charge is 2.13. The van der Waals surface area contributed by atoms with Crippen LogP contribution in [-0.4, -0.2) is 34.7 Å². The molecular weight excluding hydrogens is 198 g/mol. The summed E-state index contributed by atoms with van der Waals surface area (Å²) in [5.74, 6) is 1.63. The SMILES string of the molecule is CC(CO)CSCC(=O)NC(C)(C)C. The molecule has 1 atom stereocenters. The summed E-state index contributed by atoms with van der Waals surface area (Å²) in [5.41, 5.74) is -0.153. The van der Waals surface area contributed by atoms with Crippen molar-refractivity contribution in [3.63, 3.8) is 0 Å². The molecule has 14 heavy (non-hydrogen) atoms. The van der Waals surface area contributed by atoms with Crippen molar-refractivity contribution in [1.82, 2.24) is 5.32 Å². The van der Waals surface area contributed by atoms with Crippen LogP contribution in [0.1, 0.15) is 27.7 Å². The Morgan fingerprint density at radius 3 is 2.50 bits per heavy atom. The van der Waals surface area contributed by atoms with E-state index in [0.29, 0.717) is 5.75 Å². The van der Waals surface area contributed by atoms with Gasteiger partial charge in [-0.1, -0.05) is 6.92 Å². The van der Waals surface area contributed by atoms with E-state index in [1.54, 1.807) is 11.8 Å². The molecule has 0 spiro atoms. The Bertz CT molecular complexity index is 177. The molecule has 1 unspecified atom stereocenters. The fourth-order valence-corrected chi connectivity index (χ4v) is 1.74. The van der Waals surface area contributed by atoms with Gasteiger partial charge < -0.3 is 10.4 Å². The number of thioether (sulfide) groups is 1. The molecule has 3 nitrogen and oxygen atoms in total. The van der Waals surface area contributed by atoms with E-state index in [1.165, 1.54) is 0 Å². The van der Waals surface area contributed by atoms with Crippen molar-refractivity contribution in [3.05, 3.63) is 0 Å². The van der Waals surface area contributed by atoms with Crippen molar-refractivity contribution < 1.29 is 9.90 Å². The molecule has 0 aliphatic heterocycles. The molecule has 0 saturated carbocycles. The van der Waals surface area contributed by atoms with Crippen molar-refractivity contribution in [1.29, 1.82) is 0 Å². The van der Waals surface area contributed by atoms with E-state index in [-0.39, 0.29) is 24.0 Å². The Labute approximate surface area is 90.7 Å². The van der Waals surface area contributed by atoms with Crippen molar-refractivity contribution in [3.8, 4) is 0 Å². The molecule has 0 fully saturated rings. The Kier molecular flexibility index (Phi) is 6.20. The number of nitrogens with one attached hydrogen (secondary N) is 1. The Balaban J connectivity index is 3.55. The smallest absolute Gasteiger partial charge is 0.230 e. The monoisotopic (exact) mass is 219 g/mol. The summed E-state index contributed by atoms with van der Waals surface area (Å²) in [6.45, 7) is 8.05. The number of aliphatic hydroxyl groups is 1. The van der Waals surface area contributed by atoms with Crippen LogP contribution < -0.4 is 5.32 Å². The summed E-state index contributed by atoms with van der Waals surface area (Å²) in [4.78, 5) is 11.3. The Hall–Kier alpha value is -0.220. The zero-order chi connectivity index (χ0) is 11.2. The number of amides is 1. The first kappa shape index (κ1) is 13.8. The highest BCUT2D eigenvalue weighted by molar-refractivity contribution is 7.99. The maximum atomic E-state index is 11.3. The van der Waals surface area contributed by atoms with Crippen LogP contribution in [0.3, 0.4) is 0 Å². The van der Waals surface area contributed by atoms with Gasteiger partial charge in [-0.25, -0.2) is 0 Å². The highest BCUT2D eigenvalue weighted by Crippen LogP contribution is 2.08. The normalized spacial score (nSPS) is 13.8. The summed E-state index contributed by atoms with van der Waals surface area (Å²) in [7, 11) is 0. The second-order valence-electron chi connectivity index (χ2n) is 4.60. The van der Waals surface area contributed by atoms with Gasteiger partial charge in [-0.2, -0.15) is 11.8 Å². The van der Waals surface area contributed by atoms with Gasteiger partial charge in [-0.15, -0.1) is 0 Å². The molecule has 0 saturated heterocycles. The fraction of sp³-hybridized carbons (Fsp3) is 0.900. The van der Waals surface area contributed by atoms with Crippen LogP contribution in [0.4, 0.5) is 0 Å². The molecule has 0 radical (unpaired) electrons. The highest BCUT2D eigenvalue weighted by atomic mass is 32.2. The molecule has 0 aromatic heterocycles. The second-order valence-corrected chi connectivity index (χ2v) is 5.63. The molecule has 0 aliphatic rings. The molecular formula is C10H21NO2S. The lowest BCUT2D eigenvalue weighted by Crippen LogP contribution is -2.41. The van der Waals surface area contributed by atoms with Gasteiger partial charge in [0, 0.05) is 12.1 Å². The van der Waals surface area contributed by atoms with Gasteiger partial charge in [0.15, 0.2) is 0 Å². The van der Waals surface area contributed by atoms with E-state index in [2.05, 4.69) is 5.32 Å². The molecule has 2 N–H and O–H groups in total. The molecule has 1 amide bonds. The van der Waals surface area contributed by atoms with Crippen LogP contribution in [-0.2, 0) is 4.79 Å². The molecule has 0 aromatic carbocycles. The molecule has 0 aliphatic carbocycles. The molecule has 0 heterocycles. The maximum Gasteiger partial charge on any atom is 0.230 e. The molecule has 84 valence electrons. The molecule has 0 bridgehead atoms. The lowest BCUT2D eigenvalue weighted by Gasteiger charge is -2.20. The van der Waals surface area contributed by atoms with Gasteiger partial charge in [0.05, 0.1) is 5.75 Å². The van der Waals surface area contributed by atoms with Gasteiger partial charge in [0.2, 0.25) is 5.91 Å². The van der Waals surface area contributed by atoms with E-state index in [1.807, 2.05) is 27.7 Å². The van der Waals surface area contributed by atoms with Crippen LogP contribution in [0.25, 0.3) is 0 Å². The Morgan fingerprint density at radius 1 is 1.50 bits per heavy atom. The number of aliphatic hydroxyl groups excluding tert-OH is 1. The quantitative estimate of drug-likeness (QED) is 0.732. The van der Waals surface area contributed by atoms with Crippen molar-refractivity contribution in [2.45, 2.75) is 33.2 Å². The number of carbonyl (C=O) groups is 1. The van der Waals surface area contributed by atoms with Gasteiger partial charge in [-0.3, -0.25) is 4.79 Å². The minimum absolute atomic E-state index is 0.0626. The van der Waals surface area contributed by atoms with Gasteiger partial charge in [-0.05, 0) is 32.4 Å². The van der Waals surface area contributed by atoms with Crippen LogP contribution >= 0.6 is 11.8 Å². The van der Waals surface area contributed by atoms with Gasteiger partial charge >= 0.3 is 0 Å². The molecule has 0 rings (SSSR count). The number of hydrogen-bond donors (Lipinski definition) is 2. The lowest BCUT2D eigenvalue weighted by molar-refractivity contribution is -0.119. The summed E-state index contributed by atoms with van der Waals surface area (Å²) in [5, 5.41) is 11.7. The minimum atomic E-state index is -0.153. The fourth-order valence-electron chi connectivity index (χ4n) is 0.860. The van der Waals surface area contributed by atoms with E-state index >= 15 is 0 Å². The van der Waals surface area contributed by atoms with E-state index in [4.69, 9.17) is 5.11 Å². The van der Waals surface area contributed by atoms with Crippen molar-refractivity contribution in [2.75, 3.05) is 18.1 Å². The maximum absolute atomic E-state index is 11.3. The van der Waals surface area contributed by atoms with Crippen LogP contribution in [0.15, 0.2) is 0 Å². The second kappa shape index (κ2) is 6.30. The van der Waals surface area contributed by atoms with Gasteiger partial charge in [0.25, 0.3) is 0 Å².